The SMILES string of the molecule is CC(=O)c1ccc(Nc2nc(C)cc(Nc3cc(Cl)cc(Cl)c3)n2)cc1. The van der Waals surface area contributed by atoms with E-state index in [0.717, 1.165) is 17.1 Å². The van der Waals surface area contributed by atoms with E-state index in [2.05, 4.69) is 20.6 Å². The molecule has 132 valence electrons. The summed E-state index contributed by atoms with van der Waals surface area (Å²) in [7, 11) is 0. The molecule has 0 saturated heterocycles. The molecule has 2 N–H and O–H groups in total. The van der Waals surface area contributed by atoms with Crippen molar-refractivity contribution in [3.05, 3.63) is 69.8 Å². The minimum Gasteiger partial charge on any atom is -0.340 e. The first-order chi connectivity index (χ1) is 12.4. The average molecular weight is 387 g/mol. The second kappa shape index (κ2) is 7.72. The summed E-state index contributed by atoms with van der Waals surface area (Å²) in [5.74, 6) is 1.07. The molecule has 0 spiro atoms. The number of anilines is 4. The van der Waals surface area contributed by atoms with E-state index in [4.69, 9.17) is 23.2 Å². The molecular weight excluding hydrogens is 371 g/mol. The van der Waals surface area contributed by atoms with Crippen LogP contribution in [0.3, 0.4) is 0 Å². The van der Waals surface area contributed by atoms with Gasteiger partial charge in [-0.2, -0.15) is 4.98 Å². The Morgan fingerprint density at radius 1 is 0.885 bits per heavy atom. The van der Waals surface area contributed by atoms with Crippen LogP contribution in [0.15, 0.2) is 48.5 Å². The Kier molecular flexibility index (Phi) is 5.40. The number of Topliss-reactive ketones (excluding diaryl/α,β-unsaturated/α-hetero) is 1. The predicted molar refractivity (Wildman–Crippen MR) is 106 cm³/mol. The van der Waals surface area contributed by atoms with Crippen LogP contribution in [0.25, 0.3) is 0 Å². The van der Waals surface area contributed by atoms with Gasteiger partial charge in [0.25, 0.3) is 0 Å². The third-order valence-electron chi connectivity index (χ3n) is 3.54. The fraction of sp³-hybridized carbons (Fsp3) is 0.105. The number of hydrogen-bond acceptors (Lipinski definition) is 5. The van der Waals surface area contributed by atoms with Crippen molar-refractivity contribution in [3.8, 4) is 0 Å². The first kappa shape index (κ1) is 18.2. The van der Waals surface area contributed by atoms with Gasteiger partial charge in [-0.1, -0.05) is 23.2 Å². The Bertz CT molecular complexity index is 938. The number of benzene rings is 2. The maximum atomic E-state index is 11.4. The number of rotatable bonds is 5. The maximum Gasteiger partial charge on any atom is 0.229 e. The number of carbonyl (C=O) groups excluding carboxylic acids is 1. The molecule has 7 heteroatoms. The highest BCUT2D eigenvalue weighted by Gasteiger charge is 2.06. The van der Waals surface area contributed by atoms with Gasteiger partial charge in [-0.3, -0.25) is 4.79 Å². The second-order valence-corrected chi connectivity index (χ2v) is 6.63. The van der Waals surface area contributed by atoms with Crippen LogP contribution in [-0.2, 0) is 0 Å². The summed E-state index contributed by atoms with van der Waals surface area (Å²) in [5, 5.41) is 7.38. The summed E-state index contributed by atoms with van der Waals surface area (Å²) in [6, 6.07) is 14.1. The van der Waals surface area contributed by atoms with Crippen molar-refractivity contribution in [1.29, 1.82) is 0 Å². The first-order valence-corrected chi connectivity index (χ1v) is 8.61. The van der Waals surface area contributed by atoms with Crippen LogP contribution in [-0.4, -0.2) is 15.8 Å². The van der Waals surface area contributed by atoms with E-state index in [0.29, 0.717) is 27.4 Å². The molecule has 26 heavy (non-hydrogen) atoms. The largest absolute Gasteiger partial charge is 0.340 e. The zero-order chi connectivity index (χ0) is 18.7. The Morgan fingerprint density at radius 3 is 2.15 bits per heavy atom. The molecule has 5 nitrogen and oxygen atoms in total. The quantitative estimate of drug-likeness (QED) is 0.543. The van der Waals surface area contributed by atoms with Crippen LogP contribution in [0.4, 0.5) is 23.1 Å². The molecule has 0 unspecified atom stereocenters. The molecule has 1 aromatic heterocycles. The molecule has 0 radical (unpaired) electrons. The lowest BCUT2D eigenvalue weighted by Gasteiger charge is -2.11. The number of halogens is 2. The fourth-order valence-corrected chi connectivity index (χ4v) is 2.91. The molecule has 0 aliphatic rings. The molecule has 3 aromatic rings. The van der Waals surface area contributed by atoms with E-state index in [-0.39, 0.29) is 5.78 Å². The van der Waals surface area contributed by atoms with Gasteiger partial charge < -0.3 is 10.6 Å². The van der Waals surface area contributed by atoms with E-state index in [9.17, 15) is 4.79 Å². The van der Waals surface area contributed by atoms with Crippen molar-refractivity contribution >= 4 is 52.1 Å². The van der Waals surface area contributed by atoms with E-state index in [1.807, 2.05) is 25.1 Å². The Morgan fingerprint density at radius 2 is 1.54 bits per heavy atom. The first-order valence-electron chi connectivity index (χ1n) is 7.86. The van der Waals surface area contributed by atoms with E-state index in [1.54, 1.807) is 30.3 Å². The van der Waals surface area contributed by atoms with Gasteiger partial charge in [0.05, 0.1) is 0 Å². The van der Waals surface area contributed by atoms with Crippen LogP contribution in [0.2, 0.25) is 10.0 Å². The molecule has 1 heterocycles. The van der Waals surface area contributed by atoms with Gasteiger partial charge in [0.15, 0.2) is 5.78 Å². The molecular formula is C19H16Cl2N4O. The predicted octanol–water partition coefficient (Wildman–Crippen LogP) is 5.78. The van der Waals surface area contributed by atoms with Crippen LogP contribution in [0, 0.1) is 6.92 Å². The molecule has 0 saturated carbocycles. The number of carbonyl (C=O) groups is 1. The number of nitrogens with zero attached hydrogens (tertiary/aromatic N) is 2. The Balaban J connectivity index is 1.82. The lowest BCUT2D eigenvalue weighted by molar-refractivity contribution is 0.101. The number of aryl methyl sites for hydroxylation is 1. The van der Waals surface area contributed by atoms with E-state index in [1.165, 1.54) is 6.92 Å². The van der Waals surface area contributed by atoms with Gasteiger partial charge in [-0.25, -0.2) is 4.98 Å². The third kappa shape index (κ3) is 4.71. The van der Waals surface area contributed by atoms with Crippen molar-refractivity contribution < 1.29 is 4.79 Å². The molecule has 0 aliphatic carbocycles. The molecule has 0 atom stereocenters. The maximum absolute atomic E-state index is 11.4. The molecule has 3 rings (SSSR count). The third-order valence-corrected chi connectivity index (χ3v) is 3.97. The van der Waals surface area contributed by atoms with Crippen molar-refractivity contribution in [3.63, 3.8) is 0 Å². The van der Waals surface area contributed by atoms with Gasteiger partial charge in [0.2, 0.25) is 5.95 Å². The molecule has 0 fully saturated rings. The highest BCUT2D eigenvalue weighted by molar-refractivity contribution is 6.35. The van der Waals surface area contributed by atoms with Gasteiger partial charge in [-0.05, 0) is 56.3 Å². The van der Waals surface area contributed by atoms with Crippen LogP contribution >= 0.6 is 23.2 Å². The summed E-state index contributed by atoms with van der Waals surface area (Å²) in [6.45, 7) is 3.41. The molecule has 0 amide bonds. The monoisotopic (exact) mass is 386 g/mol. The fourth-order valence-electron chi connectivity index (χ4n) is 2.38. The van der Waals surface area contributed by atoms with Crippen LogP contribution in [0.1, 0.15) is 23.0 Å². The number of hydrogen-bond donors (Lipinski definition) is 2. The molecule has 0 aliphatic heterocycles. The molecule has 2 aromatic carbocycles. The number of aromatic nitrogens is 2. The number of ketones is 1. The zero-order valence-corrected chi connectivity index (χ0v) is 15.7. The van der Waals surface area contributed by atoms with Crippen LogP contribution in [0.5, 0.6) is 0 Å². The lowest BCUT2D eigenvalue weighted by atomic mass is 10.1. The van der Waals surface area contributed by atoms with Gasteiger partial charge in [0, 0.05) is 38.7 Å². The normalized spacial score (nSPS) is 10.5. The summed E-state index contributed by atoms with van der Waals surface area (Å²) < 4.78 is 0. The van der Waals surface area contributed by atoms with Crippen molar-refractivity contribution in [2.75, 3.05) is 10.6 Å². The molecule has 0 bridgehead atoms. The summed E-state index contributed by atoms with van der Waals surface area (Å²) in [4.78, 5) is 20.2. The van der Waals surface area contributed by atoms with Gasteiger partial charge >= 0.3 is 0 Å². The summed E-state index contributed by atoms with van der Waals surface area (Å²) in [6.07, 6.45) is 0. The van der Waals surface area contributed by atoms with Gasteiger partial charge in [-0.15, -0.1) is 0 Å². The van der Waals surface area contributed by atoms with E-state index >= 15 is 0 Å². The van der Waals surface area contributed by atoms with Gasteiger partial charge in [0.1, 0.15) is 5.82 Å². The standard InChI is InChI=1S/C19H16Cl2N4O/c1-11-7-18(23-17-9-14(20)8-15(21)10-17)25-19(22-11)24-16-5-3-13(4-6-16)12(2)26/h3-10H,1-2H3,(H2,22,23,24,25). The number of nitrogens with one attached hydrogen (secondary N) is 2. The highest BCUT2D eigenvalue weighted by atomic mass is 35.5. The minimum absolute atomic E-state index is 0.0232. The summed E-state index contributed by atoms with van der Waals surface area (Å²) >= 11 is 12.1. The van der Waals surface area contributed by atoms with E-state index < -0.39 is 0 Å². The lowest BCUT2D eigenvalue weighted by Crippen LogP contribution is -2.02. The Hall–Kier alpha value is -2.63. The highest BCUT2D eigenvalue weighted by Crippen LogP contribution is 2.25. The minimum atomic E-state index is 0.0232. The zero-order valence-electron chi connectivity index (χ0n) is 14.2. The van der Waals surface area contributed by atoms with Crippen molar-refractivity contribution in [2.24, 2.45) is 0 Å². The second-order valence-electron chi connectivity index (χ2n) is 5.76. The summed E-state index contributed by atoms with van der Waals surface area (Å²) in [5.41, 5.74) is 2.97. The van der Waals surface area contributed by atoms with Crippen LogP contribution < -0.4 is 10.6 Å². The smallest absolute Gasteiger partial charge is 0.229 e. The average Bonchev–Trinajstić information content (AvgIpc) is 2.53. The van der Waals surface area contributed by atoms with Crippen molar-refractivity contribution in [1.82, 2.24) is 9.97 Å². The van der Waals surface area contributed by atoms with Crippen molar-refractivity contribution in [2.45, 2.75) is 13.8 Å². The Labute approximate surface area is 161 Å². The topological polar surface area (TPSA) is 66.9 Å².